The van der Waals surface area contributed by atoms with Crippen LogP contribution in [0.25, 0.3) is 11.0 Å². The van der Waals surface area contributed by atoms with Crippen molar-refractivity contribution in [1.82, 2.24) is 0 Å². The van der Waals surface area contributed by atoms with Crippen LogP contribution in [0.4, 0.5) is 0 Å². The van der Waals surface area contributed by atoms with Crippen LogP contribution in [-0.2, 0) is 14.2 Å². The molecule has 2 aromatic rings. The van der Waals surface area contributed by atoms with Crippen molar-refractivity contribution in [3.05, 3.63) is 34.7 Å². The summed E-state index contributed by atoms with van der Waals surface area (Å²) in [7, 11) is 1.38. The maximum Gasteiger partial charge on any atom is 0.336 e. The van der Waals surface area contributed by atoms with E-state index in [1.165, 1.54) is 38.3 Å². The average Bonchev–Trinajstić information content (AvgIpc) is 2.84. The monoisotopic (exact) mass is 500 g/mol. The molecule has 2 aliphatic rings. The van der Waals surface area contributed by atoms with Crippen LogP contribution in [0.1, 0.15) is 6.92 Å². The normalized spacial score (nSPS) is 37.8. The van der Waals surface area contributed by atoms with Gasteiger partial charge in [0.25, 0.3) is 0 Å². The number of ether oxygens (including phenoxy) is 5. The molecule has 35 heavy (non-hydrogen) atoms. The van der Waals surface area contributed by atoms with Gasteiger partial charge in [0.05, 0.1) is 19.8 Å². The van der Waals surface area contributed by atoms with Gasteiger partial charge in [0, 0.05) is 17.5 Å². The first-order chi connectivity index (χ1) is 16.6. The molecule has 3 heterocycles. The molecule has 0 bridgehead atoms. The highest BCUT2D eigenvalue weighted by atomic mass is 16.7. The standard InChI is InChI=1S/C22H28O13/c1-8-15(24)17(26)19(28)21(32-8)31-7-13-16(25)18(27)20(29)22(35-13)34-12-6-10-9(5-11(12)30-2)3-4-14(23)33-10/h3-6,8,13,15-22,24-29H,7H2,1-2H3/t8-,13+,15+,16+,17+,18+,19+,20+,21-,22-/m1/s1. The summed E-state index contributed by atoms with van der Waals surface area (Å²) in [6.45, 7) is 1.04. The molecule has 6 N–H and O–H groups in total. The van der Waals surface area contributed by atoms with Gasteiger partial charge in [-0.3, -0.25) is 0 Å². The van der Waals surface area contributed by atoms with E-state index in [1.807, 2.05) is 0 Å². The van der Waals surface area contributed by atoms with E-state index < -0.39 is 73.6 Å². The van der Waals surface area contributed by atoms with E-state index in [0.717, 1.165) is 0 Å². The van der Waals surface area contributed by atoms with Crippen LogP contribution in [0.2, 0.25) is 0 Å². The maximum atomic E-state index is 11.6. The summed E-state index contributed by atoms with van der Waals surface area (Å²) < 4.78 is 32.5. The van der Waals surface area contributed by atoms with E-state index in [-0.39, 0.29) is 17.1 Å². The molecule has 0 amide bonds. The zero-order valence-corrected chi connectivity index (χ0v) is 18.8. The molecule has 1 aromatic heterocycles. The third-order valence-corrected chi connectivity index (χ3v) is 6.05. The van der Waals surface area contributed by atoms with Gasteiger partial charge < -0.3 is 58.7 Å². The quantitative estimate of drug-likeness (QED) is 0.235. The number of methoxy groups -OCH3 is 1. The highest BCUT2D eigenvalue weighted by Gasteiger charge is 2.47. The molecule has 2 aliphatic heterocycles. The van der Waals surface area contributed by atoms with Gasteiger partial charge >= 0.3 is 5.63 Å². The zero-order valence-electron chi connectivity index (χ0n) is 18.8. The Kier molecular flexibility index (Phi) is 7.61. The van der Waals surface area contributed by atoms with Crippen LogP contribution in [0.3, 0.4) is 0 Å². The highest BCUT2D eigenvalue weighted by molar-refractivity contribution is 5.80. The van der Waals surface area contributed by atoms with Crippen molar-refractivity contribution in [3.63, 3.8) is 0 Å². The van der Waals surface area contributed by atoms with Gasteiger partial charge in [-0.1, -0.05) is 0 Å². The van der Waals surface area contributed by atoms with Gasteiger partial charge in [-0.05, 0) is 19.1 Å². The van der Waals surface area contributed by atoms with Crippen LogP contribution in [0.5, 0.6) is 11.5 Å². The fourth-order valence-electron chi connectivity index (χ4n) is 3.94. The third kappa shape index (κ3) is 5.14. The summed E-state index contributed by atoms with van der Waals surface area (Å²) in [6.07, 6.45) is -14.4. The van der Waals surface area contributed by atoms with Gasteiger partial charge in [-0.2, -0.15) is 0 Å². The van der Waals surface area contributed by atoms with E-state index in [9.17, 15) is 35.4 Å². The van der Waals surface area contributed by atoms with Gasteiger partial charge in [0.1, 0.15) is 48.3 Å². The zero-order chi connectivity index (χ0) is 25.4. The van der Waals surface area contributed by atoms with E-state index >= 15 is 0 Å². The second-order valence-corrected chi connectivity index (χ2v) is 8.44. The number of hydrogen-bond donors (Lipinski definition) is 6. The number of hydrogen-bond acceptors (Lipinski definition) is 13. The predicted molar refractivity (Wildman–Crippen MR) is 115 cm³/mol. The Morgan fingerprint density at radius 3 is 2.23 bits per heavy atom. The fourth-order valence-corrected chi connectivity index (χ4v) is 3.94. The fraction of sp³-hybridized carbons (Fsp3) is 0.591. The Hall–Kier alpha value is -2.33. The van der Waals surface area contributed by atoms with E-state index in [1.54, 1.807) is 0 Å². The Balaban J connectivity index is 1.50. The molecule has 0 aliphatic carbocycles. The molecule has 0 saturated carbocycles. The SMILES string of the molecule is COc1cc2ccc(=O)oc2cc1O[C@@H]1O[C@@H](CO[C@@H]2O[C@H](C)[C@H](O)[C@H](O)[C@@H]2O)[C@H](O)[C@H](O)[C@@H]1O. The first kappa shape index (κ1) is 25.8. The van der Waals surface area contributed by atoms with Crippen LogP contribution in [0, 0.1) is 0 Å². The van der Waals surface area contributed by atoms with Crippen LogP contribution in [0.15, 0.2) is 33.5 Å². The van der Waals surface area contributed by atoms with Crippen molar-refractivity contribution < 1.29 is 58.7 Å². The number of fused-ring (bicyclic) bond motifs is 1. The van der Waals surface area contributed by atoms with Crippen LogP contribution < -0.4 is 15.1 Å². The van der Waals surface area contributed by atoms with Crippen molar-refractivity contribution in [2.75, 3.05) is 13.7 Å². The largest absolute Gasteiger partial charge is 0.493 e. The molecular weight excluding hydrogens is 472 g/mol. The van der Waals surface area contributed by atoms with Gasteiger partial charge in [-0.25, -0.2) is 4.79 Å². The lowest BCUT2D eigenvalue weighted by Crippen LogP contribution is -2.61. The molecule has 13 nitrogen and oxygen atoms in total. The number of rotatable bonds is 6. The van der Waals surface area contributed by atoms with E-state index in [4.69, 9.17) is 28.1 Å². The second-order valence-electron chi connectivity index (χ2n) is 8.44. The van der Waals surface area contributed by atoms with Gasteiger partial charge in [-0.15, -0.1) is 0 Å². The first-order valence-electron chi connectivity index (χ1n) is 10.9. The average molecular weight is 500 g/mol. The maximum absolute atomic E-state index is 11.6. The Morgan fingerprint density at radius 2 is 1.51 bits per heavy atom. The minimum atomic E-state index is -1.70. The molecule has 0 spiro atoms. The molecule has 194 valence electrons. The molecule has 1 aromatic carbocycles. The lowest BCUT2D eigenvalue weighted by Gasteiger charge is -2.42. The summed E-state index contributed by atoms with van der Waals surface area (Å²) in [4.78, 5) is 11.6. The Morgan fingerprint density at radius 1 is 0.829 bits per heavy atom. The lowest BCUT2D eigenvalue weighted by molar-refractivity contribution is -0.318. The van der Waals surface area contributed by atoms with Crippen molar-refractivity contribution >= 4 is 11.0 Å². The summed E-state index contributed by atoms with van der Waals surface area (Å²) in [5, 5.41) is 61.5. The Bertz CT molecular complexity index is 1070. The third-order valence-electron chi connectivity index (χ3n) is 6.05. The smallest absolute Gasteiger partial charge is 0.336 e. The minimum absolute atomic E-state index is 0.0265. The minimum Gasteiger partial charge on any atom is -0.493 e. The molecule has 10 atom stereocenters. The van der Waals surface area contributed by atoms with Crippen molar-refractivity contribution in [2.24, 2.45) is 0 Å². The summed E-state index contributed by atoms with van der Waals surface area (Å²) >= 11 is 0. The van der Waals surface area contributed by atoms with Crippen molar-refractivity contribution in [2.45, 2.75) is 68.3 Å². The van der Waals surface area contributed by atoms with Gasteiger partial charge in [0.15, 0.2) is 17.8 Å². The number of benzene rings is 1. The predicted octanol–water partition coefficient (Wildman–Crippen LogP) is -2.17. The topological polar surface area (TPSA) is 198 Å². The van der Waals surface area contributed by atoms with E-state index in [2.05, 4.69) is 0 Å². The van der Waals surface area contributed by atoms with Crippen LogP contribution in [-0.4, -0.2) is 106 Å². The van der Waals surface area contributed by atoms with Gasteiger partial charge in [0.2, 0.25) is 6.29 Å². The molecule has 0 unspecified atom stereocenters. The second kappa shape index (κ2) is 10.3. The molecule has 4 rings (SSSR count). The lowest BCUT2D eigenvalue weighted by atomic mass is 9.98. The molecule has 13 heteroatoms. The highest BCUT2D eigenvalue weighted by Crippen LogP contribution is 2.35. The van der Waals surface area contributed by atoms with Crippen molar-refractivity contribution in [1.29, 1.82) is 0 Å². The van der Waals surface area contributed by atoms with E-state index in [0.29, 0.717) is 5.39 Å². The molecule has 2 saturated heterocycles. The molecule has 2 fully saturated rings. The Labute approximate surface area is 198 Å². The number of aliphatic hydroxyl groups excluding tert-OH is 6. The molecule has 0 radical (unpaired) electrons. The summed E-state index contributed by atoms with van der Waals surface area (Å²) in [6, 6.07) is 5.67. The first-order valence-corrected chi connectivity index (χ1v) is 10.9. The summed E-state index contributed by atoms with van der Waals surface area (Å²) in [5.41, 5.74) is -0.408. The van der Waals surface area contributed by atoms with Crippen molar-refractivity contribution in [3.8, 4) is 11.5 Å². The van der Waals surface area contributed by atoms with Crippen LogP contribution >= 0.6 is 0 Å². The molecular formula is C22H28O13. The number of aliphatic hydroxyl groups is 6. The summed E-state index contributed by atoms with van der Waals surface area (Å²) in [5.74, 6) is 0.245.